The van der Waals surface area contributed by atoms with Crippen LogP contribution in [0.1, 0.15) is 37.3 Å². The van der Waals surface area contributed by atoms with Crippen molar-refractivity contribution in [1.82, 2.24) is 19.8 Å². The van der Waals surface area contributed by atoms with E-state index in [1.54, 1.807) is 13.4 Å². The van der Waals surface area contributed by atoms with E-state index in [2.05, 4.69) is 55.3 Å². The molecule has 3 aromatic rings. The molecule has 3 aliphatic rings. The zero-order chi connectivity index (χ0) is 27.3. The van der Waals surface area contributed by atoms with Crippen molar-refractivity contribution in [1.29, 1.82) is 0 Å². The highest BCUT2D eigenvalue weighted by atomic mass is 16.5. The Kier molecular flexibility index (Phi) is 8.29. The highest BCUT2D eigenvalue weighted by molar-refractivity contribution is 5.89. The van der Waals surface area contributed by atoms with Crippen LogP contribution in [0, 0.1) is 0 Å². The number of fused-ring (bicyclic) bond motifs is 1. The molecule has 4 heterocycles. The molecule has 40 heavy (non-hydrogen) atoms. The van der Waals surface area contributed by atoms with Crippen molar-refractivity contribution >= 4 is 34.0 Å². The summed E-state index contributed by atoms with van der Waals surface area (Å²) in [5.41, 5.74) is 5.42. The number of carbonyl (C=O) groups excluding carboxylic acids is 1. The molecule has 0 aliphatic carbocycles. The van der Waals surface area contributed by atoms with E-state index in [9.17, 15) is 4.79 Å². The Morgan fingerprint density at radius 3 is 2.30 bits per heavy atom. The van der Waals surface area contributed by atoms with E-state index >= 15 is 0 Å². The van der Waals surface area contributed by atoms with Gasteiger partial charge in [-0.15, -0.1) is 0 Å². The van der Waals surface area contributed by atoms with E-state index in [4.69, 9.17) is 9.72 Å². The van der Waals surface area contributed by atoms with Gasteiger partial charge in [0, 0.05) is 94.4 Å². The number of hydrogen-bond donors (Lipinski definition) is 1. The van der Waals surface area contributed by atoms with Gasteiger partial charge in [-0.2, -0.15) is 0 Å². The lowest BCUT2D eigenvalue weighted by Crippen LogP contribution is -2.47. The lowest BCUT2D eigenvalue weighted by Gasteiger charge is -2.36. The summed E-state index contributed by atoms with van der Waals surface area (Å²) in [6, 6.07) is 14.9. The molecule has 9 nitrogen and oxygen atoms in total. The number of carbonyl (C=O) groups is 1. The largest absolute Gasteiger partial charge is 0.383 e. The molecule has 0 radical (unpaired) electrons. The van der Waals surface area contributed by atoms with E-state index in [0.717, 1.165) is 101 Å². The van der Waals surface area contributed by atoms with Crippen molar-refractivity contribution in [2.45, 2.75) is 31.6 Å². The summed E-state index contributed by atoms with van der Waals surface area (Å²) < 4.78 is 5.23. The third-order valence-electron chi connectivity index (χ3n) is 8.76. The van der Waals surface area contributed by atoms with E-state index in [1.807, 2.05) is 17.0 Å². The molecule has 0 unspecified atom stereocenters. The van der Waals surface area contributed by atoms with Crippen molar-refractivity contribution in [3.8, 4) is 0 Å². The molecule has 3 saturated heterocycles. The van der Waals surface area contributed by atoms with Gasteiger partial charge in [-0.3, -0.25) is 4.90 Å². The number of benzene rings is 2. The van der Waals surface area contributed by atoms with E-state index in [1.165, 1.54) is 24.2 Å². The van der Waals surface area contributed by atoms with Crippen molar-refractivity contribution in [2.75, 3.05) is 87.7 Å². The second-order valence-electron chi connectivity index (χ2n) is 11.2. The van der Waals surface area contributed by atoms with Crippen LogP contribution in [0.2, 0.25) is 0 Å². The number of nitrogens with zero attached hydrogens (tertiary/aromatic N) is 6. The van der Waals surface area contributed by atoms with Gasteiger partial charge in [-0.05, 0) is 68.1 Å². The van der Waals surface area contributed by atoms with Crippen molar-refractivity contribution in [3.05, 3.63) is 54.5 Å². The zero-order valence-corrected chi connectivity index (χ0v) is 23.6. The van der Waals surface area contributed by atoms with E-state index in [0.29, 0.717) is 5.92 Å². The summed E-state index contributed by atoms with van der Waals surface area (Å²) in [5, 5.41) is 4.22. The van der Waals surface area contributed by atoms with E-state index in [-0.39, 0.29) is 6.03 Å². The molecule has 0 saturated carbocycles. The van der Waals surface area contributed by atoms with Crippen molar-refractivity contribution < 1.29 is 9.53 Å². The number of aromatic nitrogens is 2. The number of rotatable bonds is 7. The number of amides is 2. The maximum absolute atomic E-state index is 13.0. The first-order valence-corrected chi connectivity index (χ1v) is 14.8. The van der Waals surface area contributed by atoms with Crippen molar-refractivity contribution in [2.24, 2.45) is 0 Å². The van der Waals surface area contributed by atoms with Crippen molar-refractivity contribution in [3.63, 3.8) is 0 Å². The van der Waals surface area contributed by atoms with Gasteiger partial charge < -0.3 is 24.8 Å². The molecule has 3 fully saturated rings. The fraction of sp³-hybridized carbons (Fsp3) is 0.516. The van der Waals surface area contributed by atoms with Crippen LogP contribution in [0.5, 0.6) is 0 Å². The van der Waals surface area contributed by atoms with Gasteiger partial charge in [-0.1, -0.05) is 0 Å². The summed E-state index contributed by atoms with van der Waals surface area (Å²) >= 11 is 0. The number of piperidine rings is 1. The molecule has 2 amide bonds. The summed E-state index contributed by atoms with van der Waals surface area (Å²) in [6.45, 7) is 9.58. The fourth-order valence-electron chi connectivity index (χ4n) is 6.33. The Balaban J connectivity index is 1.04. The third-order valence-corrected chi connectivity index (χ3v) is 8.76. The number of urea groups is 1. The number of nitrogens with one attached hydrogen (secondary N) is 1. The molecule has 0 bridgehead atoms. The van der Waals surface area contributed by atoms with Crippen LogP contribution in [0.3, 0.4) is 0 Å². The number of piperazine rings is 1. The van der Waals surface area contributed by atoms with Gasteiger partial charge in [0.15, 0.2) is 0 Å². The molecular formula is C31H41N7O2. The average molecular weight is 544 g/mol. The first kappa shape index (κ1) is 26.8. The summed E-state index contributed by atoms with van der Waals surface area (Å²) in [6.07, 6.45) is 6.02. The van der Waals surface area contributed by atoms with E-state index < -0.39 is 0 Å². The Morgan fingerprint density at radius 1 is 0.875 bits per heavy atom. The van der Waals surface area contributed by atoms with Crippen LogP contribution in [-0.4, -0.2) is 98.4 Å². The van der Waals surface area contributed by atoms with Crippen LogP contribution in [0.4, 0.5) is 21.9 Å². The monoisotopic (exact) mass is 543 g/mol. The summed E-state index contributed by atoms with van der Waals surface area (Å²) in [4.78, 5) is 31.6. The number of anilines is 3. The molecule has 0 spiro atoms. The molecule has 1 N–H and O–H groups in total. The number of hydrogen-bond acceptors (Lipinski definition) is 7. The minimum atomic E-state index is -0.0214. The Labute approximate surface area is 237 Å². The molecule has 2 aromatic carbocycles. The minimum Gasteiger partial charge on any atom is -0.383 e. The quantitative estimate of drug-likeness (QED) is 0.473. The molecule has 3 aliphatic heterocycles. The standard InChI is InChI=1S/C31H41N7O2/c1-40-21-20-35-16-18-37(19-17-35)27-8-9-28-29(22-27)32-23-33-30(28)24-10-14-38(15-11-24)31(39)34-25-4-6-26(7-5-25)36-12-2-3-13-36/h4-9,22-24H,2-3,10-21H2,1H3,(H,34,39). The number of ether oxygens (including phenoxy) is 1. The van der Waals surface area contributed by atoms with Crippen LogP contribution < -0.4 is 15.1 Å². The first-order valence-electron chi connectivity index (χ1n) is 14.8. The van der Waals surface area contributed by atoms with Gasteiger partial charge in [-0.25, -0.2) is 14.8 Å². The lowest BCUT2D eigenvalue weighted by molar-refractivity contribution is 0.144. The van der Waals surface area contributed by atoms with Crippen LogP contribution in [0.25, 0.3) is 10.9 Å². The molecule has 9 heteroatoms. The average Bonchev–Trinajstić information content (AvgIpc) is 3.55. The predicted octanol–water partition coefficient (Wildman–Crippen LogP) is 4.41. The second kappa shape index (κ2) is 12.4. The smallest absolute Gasteiger partial charge is 0.321 e. The zero-order valence-electron chi connectivity index (χ0n) is 23.6. The Bertz CT molecular complexity index is 1280. The summed E-state index contributed by atoms with van der Waals surface area (Å²) in [5.74, 6) is 0.324. The summed E-state index contributed by atoms with van der Waals surface area (Å²) in [7, 11) is 1.76. The second-order valence-corrected chi connectivity index (χ2v) is 11.2. The molecular weight excluding hydrogens is 502 g/mol. The topological polar surface area (TPSA) is 77.1 Å². The SMILES string of the molecule is COCCN1CCN(c2ccc3c(C4CCN(C(=O)Nc5ccc(N6CCCC6)cc5)CC4)ncnc3c2)CC1. The Hall–Kier alpha value is -3.43. The predicted molar refractivity (Wildman–Crippen MR) is 161 cm³/mol. The number of likely N-dealkylation sites (tertiary alicyclic amines) is 1. The molecule has 1 aromatic heterocycles. The maximum atomic E-state index is 13.0. The Morgan fingerprint density at radius 2 is 1.57 bits per heavy atom. The van der Waals surface area contributed by atoms with Gasteiger partial charge in [0.2, 0.25) is 0 Å². The molecule has 0 atom stereocenters. The molecule has 6 rings (SSSR count). The first-order chi connectivity index (χ1) is 19.7. The highest BCUT2D eigenvalue weighted by Gasteiger charge is 2.26. The number of methoxy groups -OCH3 is 1. The highest BCUT2D eigenvalue weighted by Crippen LogP contribution is 2.33. The third kappa shape index (κ3) is 6.00. The van der Waals surface area contributed by atoms with Crippen LogP contribution >= 0.6 is 0 Å². The van der Waals surface area contributed by atoms with Gasteiger partial charge in [0.1, 0.15) is 6.33 Å². The fourth-order valence-corrected chi connectivity index (χ4v) is 6.33. The normalized spacial score (nSPS) is 19.0. The van der Waals surface area contributed by atoms with Gasteiger partial charge in [0.05, 0.1) is 17.8 Å². The van der Waals surface area contributed by atoms with Gasteiger partial charge in [0.25, 0.3) is 0 Å². The molecule has 212 valence electrons. The maximum Gasteiger partial charge on any atom is 0.321 e. The van der Waals surface area contributed by atoms with Crippen LogP contribution in [-0.2, 0) is 4.74 Å². The minimum absolute atomic E-state index is 0.0214. The van der Waals surface area contributed by atoms with Gasteiger partial charge >= 0.3 is 6.03 Å². The van der Waals surface area contributed by atoms with Crippen LogP contribution in [0.15, 0.2) is 48.8 Å². The lowest BCUT2D eigenvalue weighted by atomic mass is 9.91.